The Kier molecular flexibility index (Phi) is 14.9. The van der Waals surface area contributed by atoms with Gasteiger partial charge in [0.1, 0.15) is 0 Å². The van der Waals surface area contributed by atoms with Crippen LogP contribution in [0.5, 0.6) is 11.5 Å². The second-order valence-corrected chi connectivity index (χ2v) is 7.88. The number of rotatable bonds is 18. The van der Waals surface area contributed by atoms with Gasteiger partial charge in [0.25, 0.3) is 0 Å². The quantitative estimate of drug-likeness (QED) is 0.189. The molecular weight excluding hydrogens is 360 g/mol. The molecule has 164 valence electrons. The van der Waals surface area contributed by atoms with Crippen LogP contribution in [0.15, 0.2) is 30.4 Å². The number of unbranched alkanes of at least 4 members (excludes halogenated alkanes) is 10. The normalized spacial score (nSPS) is 11.1. The summed E-state index contributed by atoms with van der Waals surface area (Å²) in [5, 5.41) is 0. The molecule has 0 aliphatic rings. The van der Waals surface area contributed by atoms with E-state index in [2.05, 4.69) is 6.92 Å². The van der Waals surface area contributed by atoms with Crippen LogP contribution in [0.4, 0.5) is 0 Å². The number of allylic oxidation sites excluding steroid dienone is 2. The SMILES string of the molecule is CCCCCCCCCCCCCC(=O)C=CCCc1ccc(OC)c(OC)c1. The number of ketones is 1. The van der Waals surface area contributed by atoms with E-state index in [4.69, 9.17) is 9.47 Å². The minimum atomic E-state index is 0.258. The molecule has 0 aliphatic carbocycles. The minimum absolute atomic E-state index is 0.258. The molecule has 3 nitrogen and oxygen atoms in total. The number of aryl methyl sites for hydroxylation is 1. The van der Waals surface area contributed by atoms with Gasteiger partial charge in [0, 0.05) is 6.42 Å². The zero-order valence-electron chi connectivity index (χ0n) is 19.0. The molecule has 3 heteroatoms. The summed E-state index contributed by atoms with van der Waals surface area (Å²) in [4.78, 5) is 12.0. The van der Waals surface area contributed by atoms with Crippen molar-refractivity contribution in [3.05, 3.63) is 35.9 Å². The Labute approximate surface area is 178 Å². The Bertz CT molecular complexity index is 577. The fourth-order valence-corrected chi connectivity index (χ4v) is 3.55. The van der Waals surface area contributed by atoms with Gasteiger partial charge in [-0.25, -0.2) is 0 Å². The van der Waals surface area contributed by atoms with Gasteiger partial charge in [-0.2, -0.15) is 0 Å². The first-order chi connectivity index (χ1) is 14.2. The number of carbonyl (C=O) groups is 1. The molecule has 0 heterocycles. The largest absolute Gasteiger partial charge is 0.493 e. The second-order valence-electron chi connectivity index (χ2n) is 7.88. The first kappa shape index (κ1) is 25.3. The Morgan fingerprint density at radius 2 is 1.41 bits per heavy atom. The van der Waals surface area contributed by atoms with E-state index in [1.807, 2.05) is 24.3 Å². The standard InChI is InChI=1S/C26H42O3/c1-4-5-6-7-8-9-10-11-12-13-14-18-24(27)19-16-15-17-23-20-21-25(28-2)26(22-23)29-3/h16,19-22H,4-15,17-18H2,1-3H3. The van der Waals surface area contributed by atoms with Crippen molar-refractivity contribution in [1.82, 2.24) is 0 Å². The molecule has 0 fully saturated rings. The maximum Gasteiger partial charge on any atom is 0.160 e. The molecule has 0 saturated carbocycles. The summed E-state index contributed by atoms with van der Waals surface area (Å²) in [5.74, 6) is 1.75. The van der Waals surface area contributed by atoms with E-state index in [9.17, 15) is 4.79 Å². The lowest BCUT2D eigenvalue weighted by Gasteiger charge is -2.08. The van der Waals surface area contributed by atoms with Crippen molar-refractivity contribution in [3.63, 3.8) is 0 Å². The first-order valence-corrected chi connectivity index (χ1v) is 11.6. The van der Waals surface area contributed by atoms with Gasteiger partial charge in [0.15, 0.2) is 17.3 Å². The fourth-order valence-electron chi connectivity index (χ4n) is 3.55. The summed E-state index contributed by atoms with van der Waals surface area (Å²) < 4.78 is 10.6. The van der Waals surface area contributed by atoms with Crippen molar-refractivity contribution < 1.29 is 14.3 Å². The summed E-state index contributed by atoms with van der Waals surface area (Å²) in [6.07, 6.45) is 20.6. The fraction of sp³-hybridized carbons (Fsp3) is 0.654. The molecule has 0 unspecified atom stereocenters. The molecule has 0 aromatic heterocycles. The summed E-state index contributed by atoms with van der Waals surface area (Å²) in [6, 6.07) is 5.97. The van der Waals surface area contributed by atoms with Gasteiger partial charge >= 0.3 is 0 Å². The lowest BCUT2D eigenvalue weighted by Crippen LogP contribution is -1.94. The maximum atomic E-state index is 12.0. The highest BCUT2D eigenvalue weighted by atomic mass is 16.5. The second kappa shape index (κ2) is 17.1. The van der Waals surface area contributed by atoms with E-state index >= 15 is 0 Å². The van der Waals surface area contributed by atoms with Crippen LogP contribution in [0.25, 0.3) is 0 Å². The van der Waals surface area contributed by atoms with Crippen molar-refractivity contribution in [1.29, 1.82) is 0 Å². The molecule has 0 aliphatic heterocycles. The lowest BCUT2D eigenvalue weighted by molar-refractivity contribution is -0.114. The van der Waals surface area contributed by atoms with Crippen molar-refractivity contribution >= 4 is 5.78 Å². The Hall–Kier alpha value is -1.77. The van der Waals surface area contributed by atoms with Gasteiger partial charge in [-0.05, 0) is 43.0 Å². The van der Waals surface area contributed by atoms with Crippen LogP contribution >= 0.6 is 0 Å². The van der Waals surface area contributed by atoms with Gasteiger partial charge in [-0.3, -0.25) is 4.79 Å². The number of hydrogen-bond acceptors (Lipinski definition) is 3. The van der Waals surface area contributed by atoms with E-state index in [0.29, 0.717) is 6.42 Å². The van der Waals surface area contributed by atoms with Crippen LogP contribution in [-0.2, 0) is 11.2 Å². The molecule has 1 rings (SSSR count). The zero-order chi connectivity index (χ0) is 21.2. The maximum absolute atomic E-state index is 12.0. The first-order valence-electron chi connectivity index (χ1n) is 11.6. The van der Waals surface area contributed by atoms with E-state index < -0.39 is 0 Å². The van der Waals surface area contributed by atoms with Gasteiger partial charge in [-0.15, -0.1) is 0 Å². The molecule has 0 atom stereocenters. The average Bonchev–Trinajstić information content (AvgIpc) is 2.74. The monoisotopic (exact) mass is 402 g/mol. The van der Waals surface area contributed by atoms with E-state index in [0.717, 1.165) is 30.8 Å². The van der Waals surface area contributed by atoms with Crippen molar-refractivity contribution in [3.8, 4) is 11.5 Å². The minimum Gasteiger partial charge on any atom is -0.493 e. The molecule has 0 N–H and O–H groups in total. The zero-order valence-corrected chi connectivity index (χ0v) is 19.0. The molecule has 0 bridgehead atoms. The highest BCUT2D eigenvalue weighted by Gasteiger charge is 2.04. The molecule has 0 radical (unpaired) electrons. The number of hydrogen-bond donors (Lipinski definition) is 0. The molecule has 0 spiro atoms. The predicted octanol–water partition coefficient (Wildman–Crippen LogP) is 7.46. The highest BCUT2D eigenvalue weighted by Crippen LogP contribution is 2.28. The van der Waals surface area contributed by atoms with Gasteiger partial charge in [0.05, 0.1) is 14.2 Å². The van der Waals surface area contributed by atoms with Crippen LogP contribution in [0.3, 0.4) is 0 Å². The van der Waals surface area contributed by atoms with E-state index in [1.54, 1.807) is 20.3 Å². The Morgan fingerprint density at radius 3 is 2.00 bits per heavy atom. The average molecular weight is 403 g/mol. The predicted molar refractivity (Wildman–Crippen MR) is 123 cm³/mol. The number of carbonyl (C=O) groups excluding carboxylic acids is 1. The summed E-state index contributed by atoms with van der Waals surface area (Å²) in [5.41, 5.74) is 1.19. The Morgan fingerprint density at radius 1 is 0.828 bits per heavy atom. The van der Waals surface area contributed by atoms with Crippen molar-refractivity contribution in [2.24, 2.45) is 0 Å². The van der Waals surface area contributed by atoms with Crippen LogP contribution < -0.4 is 9.47 Å². The van der Waals surface area contributed by atoms with Crippen molar-refractivity contribution in [2.75, 3.05) is 14.2 Å². The number of methoxy groups -OCH3 is 2. The smallest absolute Gasteiger partial charge is 0.160 e. The highest BCUT2D eigenvalue weighted by molar-refractivity contribution is 5.89. The number of ether oxygens (including phenoxy) is 2. The molecule has 0 amide bonds. The van der Waals surface area contributed by atoms with Crippen LogP contribution in [0, 0.1) is 0 Å². The molecule has 0 saturated heterocycles. The third-order valence-electron chi connectivity index (χ3n) is 5.38. The summed E-state index contributed by atoms with van der Waals surface area (Å²) in [7, 11) is 3.29. The summed E-state index contributed by atoms with van der Waals surface area (Å²) in [6.45, 7) is 2.26. The van der Waals surface area contributed by atoms with Gasteiger partial charge in [0.2, 0.25) is 0 Å². The molecular formula is C26H42O3. The molecule has 1 aromatic carbocycles. The summed E-state index contributed by atoms with van der Waals surface area (Å²) >= 11 is 0. The number of benzene rings is 1. The van der Waals surface area contributed by atoms with Crippen molar-refractivity contribution in [2.45, 2.75) is 96.8 Å². The lowest BCUT2D eigenvalue weighted by atomic mass is 10.0. The van der Waals surface area contributed by atoms with E-state index in [-0.39, 0.29) is 5.78 Å². The van der Waals surface area contributed by atoms with Gasteiger partial charge in [-0.1, -0.05) is 83.3 Å². The van der Waals surface area contributed by atoms with Crippen LogP contribution in [0.2, 0.25) is 0 Å². The third kappa shape index (κ3) is 12.4. The Balaban J connectivity index is 2.04. The van der Waals surface area contributed by atoms with Crippen LogP contribution in [-0.4, -0.2) is 20.0 Å². The van der Waals surface area contributed by atoms with Gasteiger partial charge < -0.3 is 9.47 Å². The topological polar surface area (TPSA) is 35.5 Å². The molecule has 29 heavy (non-hydrogen) atoms. The third-order valence-corrected chi connectivity index (χ3v) is 5.38. The van der Waals surface area contributed by atoms with E-state index in [1.165, 1.54) is 69.8 Å². The molecule has 1 aromatic rings. The van der Waals surface area contributed by atoms with Crippen LogP contribution in [0.1, 0.15) is 96.0 Å².